The average molecular weight is 1320 g/mol. The second kappa shape index (κ2) is 30.4. The topological polar surface area (TPSA) is 253 Å². The van der Waals surface area contributed by atoms with Crippen LogP contribution in [0.2, 0.25) is 0 Å². The second-order valence-corrected chi connectivity index (χ2v) is 25.9. The molecule has 2 aromatic heterocycles. The zero-order chi connectivity index (χ0) is 68.9. The molecule has 0 spiro atoms. The first kappa shape index (κ1) is 69.3. The van der Waals surface area contributed by atoms with E-state index in [4.69, 9.17) is 32.7 Å². The van der Waals surface area contributed by atoms with E-state index in [0.29, 0.717) is 78.7 Å². The fourth-order valence-electron chi connectivity index (χ4n) is 11.0. The third kappa shape index (κ3) is 17.1. The van der Waals surface area contributed by atoms with Crippen molar-refractivity contribution in [3.05, 3.63) is 204 Å². The summed E-state index contributed by atoms with van der Waals surface area (Å²) in [6.45, 7) is 11.6. The molecule has 20 nitrogen and oxygen atoms in total. The molecule has 2 saturated heterocycles. The third-order valence-electron chi connectivity index (χ3n) is 16.9. The summed E-state index contributed by atoms with van der Waals surface area (Å²) < 4.78 is 66.9. The van der Waals surface area contributed by atoms with Crippen LogP contribution in [0.1, 0.15) is 83.9 Å². The Morgan fingerprint density at radius 3 is 1.19 bits per heavy atom. The Morgan fingerprint density at radius 1 is 0.443 bits per heavy atom. The number of carbonyl (C=O) groups excluding carboxylic acids is 5. The molecular weight excluding hydrogens is 1250 g/mol. The number of hydrogen-bond donors (Lipinski definition) is 1. The monoisotopic (exact) mass is 1320 g/mol. The molecule has 22 heteroatoms. The zero-order valence-corrected chi connectivity index (χ0v) is 54.6. The minimum Gasteiger partial charge on any atom is -0.480 e. The number of nitrogens with zero attached hydrogens (tertiary/aromatic N) is 6. The number of carboxylic acids is 1. The Morgan fingerprint density at radius 2 is 0.804 bits per heavy atom. The van der Waals surface area contributed by atoms with Crippen LogP contribution in [0.15, 0.2) is 185 Å². The highest BCUT2D eigenvalue weighted by atomic mass is 19.1. The molecule has 4 heterocycles. The van der Waals surface area contributed by atoms with E-state index >= 15 is 0 Å². The van der Waals surface area contributed by atoms with E-state index < -0.39 is 71.1 Å². The van der Waals surface area contributed by atoms with Crippen LogP contribution < -0.4 is 0 Å². The fourth-order valence-corrected chi connectivity index (χ4v) is 11.0. The van der Waals surface area contributed by atoms with Crippen molar-refractivity contribution in [1.82, 2.24) is 30.1 Å². The van der Waals surface area contributed by atoms with Gasteiger partial charge in [0.05, 0.1) is 10.8 Å². The van der Waals surface area contributed by atoms with E-state index in [1.54, 1.807) is 65.8 Å². The van der Waals surface area contributed by atoms with Crippen LogP contribution in [0.5, 0.6) is 0 Å². The largest absolute Gasteiger partial charge is 0.480 e. The number of piperidine rings is 2. The van der Waals surface area contributed by atoms with Gasteiger partial charge in [-0.05, 0) is 119 Å². The number of halogens is 2. The molecule has 9 aromatic rings. The average Bonchev–Trinajstić information content (AvgIpc) is 1.60. The summed E-state index contributed by atoms with van der Waals surface area (Å²) in [5.41, 5.74) is 2.91. The van der Waals surface area contributed by atoms with Gasteiger partial charge < -0.3 is 37.8 Å². The summed E-state index contributed by atoms with van der Waals surface area (Å²) in [4.78, 5) is 89.1. The minimum atomic E-state index is -1.70. The van der Waals surface area contributed by atoms with Crippen LogP contribution in [-0.2, 0) is 72.1 Å². The van der Waals surface area contributed by atoms with Crippen molar-refractivity contribution < 1.29 is 75.4 Å². The van der Waals surface area contributed by atoms with Crippen molar-refractivity contribution in [2.24, 2.45) is 21.7 Å². The molecule has 502 valence electrons. The summed E-state index contributed by atoms with van der Waals surface area (Å²) in [5, 5.41) is 18.1. The summed E-state index contributed by atoms with van der Waals surface area (Å²) in [5.74, 6) is -4.30. The third-order valence-corrected chi connectivity index (χ3v) is 16.9. The number of carbonyl (C=O) groups is 6. The van der Waals surface area contributed by atoms with Gasteiger partial charge in [0.2, 0.25) is 25.2 Å². The lowest BCUT2D eigenvalue weighted by Gasteiger charge is -2.38. The maximum absolute atomic E-state index is 15.0. The lowest BCUT2D eigenvalue weighted by Crippen LogP contribution is -2.50. The number of carboxylic acid groups (broad SMARTS) is 1. The van der Waals surface area contributed by atoms with Gasteiger partial charge in [-0.25, -0.2) is 8.78 Å². The zero-order valence-electron chi connectivity index (χ0n) is 54.6. The van der Waals surface area contributed by atoms with Gasteiger partial charge in [-0.3, -0.25) is 38.6 Å². The summed E-state index contributed by atoms with van der Waals surface area (Å²) in [6.07, 6.45) is 0.461. The number of rotatable bonds is 20. The molecule has 0 atom stereocenters. The number of benzene rings is 7. The maximum Gasteiger partial charge on any atom is 0.326 e. The Bertz CT molecular complexity index is 4210. The van der Waals surface area contributed by atoms with Gasteiger partial charge in [0.15, 0.2) is 10.8 Å². The standard InChI is InChI=1S/C41H40FN3O7.C34H34FN3O7/c1-40(2,3)37(46)50-27-51-39(48)41(38(47)49-26-29-10-6-4-7-11-29)20-22-45(23-21-41)25-28-14-16-31(17-15-28)35-43-36(52-44-35)32-18-19-33(34(42)24-32)30-12-8-5-9-13-30;1-33(2,3)31(41)43-21-44-32(42)34(30(39)40)15-17-38(18-16-34)20-22-9-11-24(12-10-22)28-36-29(45-37-28)25-13-14-26(27(35)19-25)23-7-5-4-6-8-23/h4-19,24H,20-23,25-27H2,1-3H3;4-14,19H,15-18,20-21H2,1-3H3,(H,39,40). The van der Waals surface area contributed by atoms with Crippen LogP contribution in [-0.4, -0.2) is 111 Å². The SMILES string of the molecule is CC(C)(C)C(=O)OCOC(=O)C1(C(=O)O)CCN(Cc2ccc(-c3noc(-c4ccc(-c5ccccc5)c(F)c4)n3)cc2)CC1.CC(C)(C)C(=O)OCOC(=O)C1(C(=O)OCc2ccccc2)CCN(Cc2ccc(-c3noc(-c4ccc(-c5ccccc5)c(F)c4)n3)cc2)CC1. The molecule has 97 heavy (non-hydrogen) atoms. The van der Waals surface area contributed by atoms with Gasteiger partial charge in [-0.15, -0.1) is 0 Å². The highest BCUT2D eigenvalue weighted by Crippen LogP contribution is 2.38. The summed E-state index contributed by atoms with van der Waals surface area (Å²) in [6, 6.07) is 52.6. The Kier molecular flexibility index (Phi) is 21.7. The van der Waals surface area contributed by atoms with Crippen molar-refractivity contribution >= 4 is 35.8 Å². The highest BCUT2D eigenvalue weighted by Gasteiger charge is 2.52. The molecule has 0 saturated carbocycles. The molecule has 7 aromatic carbocycles. The first-order chi connectivity index (χ1) is 46.5. The van der Waals surface area contributed by atoms with Gasteiger partial charge in [0, 0.05) is 72.6 Å². The first-order valence-corrected chi connectivity index (χ1v) is 31.6. The lowest BCUT2D eigenvalue weighted by molar-refractivity contribution is -0.190. The number of hydrogen-bond acceptors (Lipinski definition) is 19. The second-order valence-electron chi connectivity index (χ2n) is 25.9. The number of aromatic nitrogens is 4. The number of ether oxygens (including phenoxy) is 5. The van der Waals surface area contributed by atoms with E-state index in [1.807, 2.05) is 140 Å². The Hall–Kier alpha value is -10.6. The van der Waals surface area contributed by atoms with E-state index in [1.165, 1.54) is 12.1 Å². The molecule has 0 radical (unpaired) electrons. The molecular formula is C75H74F2N6O14. The van der Waals surface area contributed by atoms with Gasteiger partial charge in [-0.2, -0.15) is 9.97 Å². The number of esters is 5. The predicted molar refractivity (Wildman–Crippen MR) is 352 cm³/mol. The quantitative estimate of drug-likeness (QED) is 0.0322. The predicted octanol–water partition coefficient (Wildman–Crippen LogP) is 13.6. The van der Waals surface area contributed by atoms with Crippen molar-refractivity contribution in [3.8, 4) is 67.9 Å². The molecule has 2 aliphatic rings. The highest BCUT2D eigenvalue weighted by molar-refractivity contribution is 6.00. The van der Waals surface area contributed by atoms with E-state index in [2.05, 4.69) is 30.1 Å². The minimum absolute atomic E-state index is 0.0169. The molecule has 11 rings (SSSR count). The Labute approximate surface area is 559 Å². The van der Waals surface area contributed by atoms with E-state index in [9.17, 15) is 42.7 Å². The molecule has 2 fully saturated rings. The maximum atomic E-state index is 15.0. The number of likely N-dealkylation sites (tertiary alicyclic amines) is 2. The molecule has 0 unspecified atom stereocenters. The smallest absolute Gasteiger partial charge is 0.326 e. The lowest BCUT2D eigenvalue weighted by atomic mass is 9.78. The summed E-state index contributed by atoms with van der Waals surface area (Å²) >= 11 is 0. The van der Waals surface area contributed by atoms with Crippen LogP contribution in [0.3, 0.4) is 0 Å². The molecule has 2 aliphatic heterocycles. The van der Waals surface area contributed by atoms with Crippen molar-refractivity contribution in [2.75, 3.05) is 39.8 Å². The van der Waals surface area contributed by atoms with E-state index in [-0.39, 0.29) is 55.7 Å². The Balaban J connectivity index is 0.000000213. The van der Waals surface area contributed by atoms with Crippen molar-refractivity contribution in [3.63, 3.8) is 0 Å². The molecule has 0 amide bonds. The van der Waals surface area contributed by atoms with Crippen molar-refractivity contribution in [2.45, 2.75) is 86.9 Å². The van der Waals surface area contributed by atoms with Crippen molar-refractivity contribution in [1.29, 1.82) is 0 Å². The van der Waals surface area contributed by atoms with Crippen LogP contribution in [0, 0.1) is 33.3 Å². The fraction of sp³-hybridized carbons (Fsp3) is 0.307. The summed E-state index contributed by atoms with van der Waals surface area (Å²) in [7, 11) is 0. The van der Waals surface area contributed by atoms with Gasteiger partial charge in [0.25, 0.3) is 11.8 Å². The van der Waals surface area contributed by atoms with Crippen LogP contribution in [0.4, 0.5) is 8.78 Å². The van der Waals surface area contributed by atoms with Gasteiger partial charge >= 0.3 is 35.8 Å². The normalized spacial score (nSPS) is 14.6. The first-order valence-electron chi connectivity index (χ1n) is 31.6. The van der Waals surface area contributed by atoms with Crippen LogP contribution in [0.25, 0.3) is 67.9 Å². The van der Waals surface area contributed by atoms with E-state index in [0.717, 1.165) is 33.4 Å². The van der Waals surface area contributed by atoms with Gasteiger partial charge in [0.1, 0.15) is 18.2 Å². The van der Waals surface area contributed by atoms with Gasteiger partial charge in [-0.1, -0.05) is 162 Å². The van der Waals surface area contributed by atoms with Crippen LogP contribution >= 0.6 is 0 Å². The number of aliphatic carboxylic acids is 1. The molecule has 0 bridgehead atoms. The molecule has 1 N–H and O–H groups in total. The molecule has 0 aliphatic carbocycles.